The van der Waals surface area contributed by atoms with Gasteiger partial charge < -0.3 is 9.64 Å². The molecular formula is C21H24N2O2. The molecule has 2 saturated heterocycles. The molecule has 1 atom stereocenters. The molecule has 4 heteroatoms. The van der Waals surface area contributed by atoms with E-state index in [9.17, 15) is 4.79 Å². The van der Waals surface area contributed by atoms with E-state index >= 15 is 0 Å². The summed E-state index contributed by atoms with van der Waals surface area (Å²) in [6.07, 6.45) is 2.47. The van der Waals surface area contributed by atoms with Gasteiger partial charge in [0.15, 0.2) is 6.61 Å². The summed E-state index contributed by atoms with van der Waals surface area (Å²) < 4.78 is 5.72. The van der Waals surface area contributed by atoms with Gasteiger partial charge in [0.05, 0.1) is 0 Å². The highest BCUT2D eigenvalue weighted by molar-refractivity contribution is 5.78. The number of amides is 1. The van der Waals surface area contributed by atoms with Crippen molar-refractivity contribution >= 4 is 5.91 Å². The second-order valence-corrected chi connectivity index (χ2v) is 6.85. The van der Waals surface area contributed by atoms with E-state index in [0.29, 0.717) is 6.04 Å². The molecule has 0 spiro atoms. The Kier molecular flexibility index (Phi) is 4.70. The fraction of sp³-hybridized carbons (Fsp3) is 0.381. The summed E-state index contributed by atoms with van der Waals surface area (Å²) >= 11 is 0. The summed E-state index contributed by atoms with van der Waals surface area (Å²) in [5.74, 6) is 0.839. The first-order chi connectivity index (χ1) is 12.3. The van der Waals surface area contributed by atoms with Gasteiger partial charge in [0, 0.05) is 25.7 Å². The Balaban J connectivity index is 1.31. The van der Waals surface area contributed by atoms with Crippen molar-refractivity contribution in [2.75, 3.05) is 32.8 Å². The zero-order valence-corrected chi connectivity index (χ0v) is 14.4. The summed E-state index contributed by atoms with van der Waals surface area (Å²) in [5.41, 5.74) is 2.33. The number of piperazine rings is 1. The zero-order valence-electron chi connectivity index (χ0n) is 14.4. The maximum absolute atomic E-state index is 12.4. The number of ether oxygens (including phenoxy) is 1. The molecule has 2 aromatic carbocycles. The van der Waals surface area contributed by atoms with Crippen LogP contribution in [0.5, 0.6) is 5.75 Å². The van der Waals surface area contributed by atoms with Crippen LogP contribution in [0.2, 0.25) is 0 Å². The molecule has 4 rings (SSSR count). The van der Waals surface area contributed by atoms with Gasteiger partial charge in [0.25, 0.3) is 5.91 Å². The predicted molar refractivity (Wildman–Crippen MR) is 98.5 cm³/mol. The van der Waals surface area contributed by atoms with Crippen molar-refractivity contribution in [3.63, 3.8) is 0 Å². The molecule has 2 heterocycles. The molecule has 130 valence electrons. The molecule has 2 aliphatic heterocycles. The van der Waals surface area contributed by atoms with Gasteiger partial charge in [-0.3, -0.25) is 9.69 Å². The van der Waals surface area contributed by atoms with Gasteiger partial charge in [-0.1, -0.05) is 42.5 Å². The van der Waals surface area contributed by atoms with E-state index in [1.165, 1.54) is 24.9 Å². The molecule has 2 aliphatic rings. The van der Waals surface area contributed by atoms with Crippen LogP contribution in [-0.4, -0.2) is 54.5 Å². The van der Waals surface area contributed by atoms with Crippen molar-refractivity contribution in [2.24, 2.45) is 0 Å². The van der Waals surface area contributed by atoms with Gasteiger partial charge in [-0.15, -0.1) is 0 Å². The molecule has 25 heavy (non-hydrogen) atoms. The fourth-order valence-corrected chi connectivity index (χ4v) is 3.83. The highest BCUT2D eigenvalue weighted by Gasteiger charge is 2.32. The molecule has 1 amide bonds. The lowest BCUT2D eigenvalue weighted by atomic mass is 10.1. The second kappa shape index (κ2) is 7.28. The minimum absolute atomic E-state index is 0.0960. The lowest BCUT2D eigenvalue weighted by molar-refractivity contribution is -0.135. The fourth-order valence-electron chi connectivity index (χ4n) is 3.83. The van der Waals surface area contributed by atoms with E-state index in [2.05, 4.69) is 17.0 Å². The van der Waals surface area contributed by atoms with Crippen molar-refractivity contribution in [1.29, 1.82) is 0 Å². The molecule has 0 aliphatic carbocycles. The van der Waals surface area contributed by atoms with E-state index < -0.39 is 0 Å². The maximum Gasteiger partial charge on any atom is 0.260 e. The lowest BCUT2D eigenvalue weighted by Gasteiger charge is -2.37. The van der Waals surface area contributed by atoms with E-state index in [1.54, 1.807) is 0 Å². The zero-order chi connectivity index (χ0) is 17.1. The Bertz CT molecular complexity index is 714. The average molecular weight is 336 g/mol. The van der Waals surface area contributed by atoms with Gasteiger partial charge in [0.2, 0.25) is 0 Å². The quantitative estimate of drug-likeness (QED) is 0.860. The van der Waals surface area contributed by atoms with Crippen LogP contribution in [0.4, 0.5) is 0 Å². The number of nitrogens with zero attached hydrogens (tertiary/aromatic N) is 2. The first-order valence-corrected chi connectivity index (χ1v) is 9.10. The van der Waals surface area contributed by atoms with Gasteiger partial charge >= 0.3 is 0 Å². The van der Waals surface area contributed by atoms with Crippen molar-refractivity contribution in [3.05, 3.63) is 54.6 Å². The molecule has 2 fully saturated rings. The third kappa shape index (κ3) is 3.69. The lowest BCUT2D eigenvalue weighted by Crippen LogP contribution is -2.53. The topological polar surface area (TPSA) is 32.8 Å². The van der Waals surface area contributed by atoms with Crippen LogP contribution in [-0.2, 0) is 4.79 Å². The summed E-state index contributed by atoms with van der Waals surface area (Å²) in [7, 11) is 0. The van der Waals surface area contributed by atoms with E-state index in [-0.39, 0.29) is 12.5 Å². The van der Waals surface area contributed by atoms with Crippen LogP contribution >= 0.6 is 0 Å². The maximum atomic E-state index is 12.4. The van der Waals surface area contributed by atoms with E-state index in [1.807, 2.05) is 47.4 Å². The Hall–Kier alpha value is -2.33. The van der Waals surface area contributed by atoms with Crippen LogP contribution < -0.4 is 4.74 Å². The highest BCUT2D eigenvalue weighted by atomic mass is 16.5. The molecule has 0 bridgehead atoms. The molecule has 4 nitrogen and oxygen atoms in total. The number of hydrogen-bond acceptors (Lipinski definition) is 3. The predicted octanol–water partition coefficient (Wildman–Crippen LogP) is 3.04. The normalized spacial score (nSPS) is 20.3. The summed E-state index contributed by atoms with van der Waals surface area (Å²) in [6, 6.07) is 18.7. The minimum atomic E-state index is 0.0960. The summed E-state index contributed by atoms with van der Waals surface area (Å²) in [4.78, 5) is 16.9. The summed E-state index contributed by atoms with van der Waals surface area (Å²) in [5, 5.41) is 0. The number of carbonyl (C=O) groups excluding carboxylic acids is 1. The first kappa shape index (κ1) is 16.2. The number of rotatable bonds is 4. The van der Waals surface area contributed by atoms with Gasteiger partial charge in [-0.2, -0.15) is 0 Å². The summed E-state index contributed by atoms with van der Waals surface area (Å²) in [6.45, 7) is 4.00. The monoisotopic (exact) mass is 336 g/mol. The number of fused-ring (bicyclic) bond motifs is 1. The smallest absolute Gasteiger partial charge is 0.260 e. The first-order valence-electron chi connectivity index (χ1n) is 9.10. The molecule has 2 aromatic rings. The molecule has 0 N–H and O–H groups in total. The second-order valence-electron chi connectivity index (χ2n) is 6.85. The number of carbonyl (C=O) groups is 1. The Morgan fingerprint density at radius 1 is 0.960 bits per heavy atom. The van der Waals surface area contributed by atoms with E-state index in [0.717, 1.165) is 30.9 Å². The van der Waals surface area contributed by atoms with Crippen molar-refractivity contribution < 1.29 is 9.53 Å². The Morgan fingerprint density at radius 3 is 2.52 bits per heavy atom. The SMILES string of the molecule is O=C(COc1ccc(-c2ccccc2)cc1)N1CCN2CCCC2C1. The molecule has 1 unspecified atom stereocenters. The molecule has 0 saturated carbocycles. The largest absolute Gasteiger partial charge is 0.484 e. The van der Waals surface area contributed by atoms with Crippen LogP contribution in [0.15, 0.2) is 54.6 Å². The van der Waals surface area contributed by atoms with Gasteiger partial charge in [-0.05, 0) is 42.6 Å². The van der Waals surface area contributed by atoms with Crippen LogP contribution in [0.25, 0.3) is 11.1 Å². The van der Waals surface area contributed by atoms with Crippen LogP contribution in [0, 0.1) is 0 Å². The number of benzene rings is 2. The van der Waals surface area contributed by atoms with Crippen LogP contribution in [0.3, 0.4) is 0 Å². The average Bonchev–Trinajstić information content (AvgIpc) is 3.15. The third-order valence-electron chi connectivity index (χ3n) is 5.26. The van der Waals surface area contributed by atoms with Gasteiger partial charge in [0.1, 0.15) is 5.75 Å². The Morgan fingerprint density at radius 2 is 1.72 bits per heavy atom. The molecular weight excluding hydrogens is 312 g/mol. The van der Waals surface area contributed by atoms with Crippen molar-refractivity contribution in [3.8, 4) is 16.9 Å². The van der Waals surface area contributed by atoms with Gasteiger partial charge in [-0.25, -0.2) is 0 Å². The van der Waals surface area contributed by atoms with E-state index in [4.69, 9.17) is 4.74 Å². The van der Waals surface area contributed by atoms with Crippen molar-refractivity contribution in [1.82, 2.24) is 9.80 Å². The van der Waals surface area contributed by atoms with Crippen molar-refractivity contribution in [2.45, 2.75) is 18.9 Å². The number of hydrogen-bond donors (Lipinski definition) is 0. The van der Waals surface area contributed by atoms with Crippen LogP contribution in [0.1, 0.15) is 12.8 Å². The Labute approximate surface area is 149 Å². The molecule has 0 aromatic heterocycles. The molecule has 0 radical (unpaired) electrons. The highest BCUT2D eigenvalue weighted by Crippen LogP contribution is 2.23. The third-order valence-corrected chi connectivity index (χ3v) is 5.26. The minimum Gasteiger partial charge on any atom is -0.484 e. The standard InChI is InChI=1S/C21H24N2O2/c24-21(23-14-13-22-12-4-7-19(22)15-23)16-25-20-10-8-18(9-11-20)17-5-2-1-3-6-17/h1-3,5-6,8-11,19H,4,7,12-16H2.